The minimum atomic E-state index is 0.685. The molecule has 0 aromatic rings. The van der Waals surface area contributed by atoms with Crippen molar-refractivity contribution in [1.82, 2.24) is 5.01 Å². The van der Waals surface area contributed by atoms with Crippen molar-refractivity contribution >= 4 is 5.71 Å². The van der Waals surface area contributed by atoms with E-state index in [-0.39, 0.29) is 0 Å². The van der Waals surface area contributed by atoms with Crippen LogP contribution in [-0.4, -0.2) is 38.0 Å². The summed E-state index contributed by atoms with van der Waals surface area (Å²) >= 11 is 0. The van der Waals surface area contributed by atoms with Crippen molar-refractivity contribution in [1.29, 1.82) is 0 Å². The summed E-state index contributed by atoms with van der Waals surface area (Å²) < 4.78 is 4.92. The van der Waals surface area contributed by atoms with Crippen LogP contribution in [0.25, 0.3) is 0 Å². The van der Waals surface area contributed by atoms with Crippen LogP contribution in [0.15, 0.2) is 5.10 Å². The van der Waals surface area contributed by atoms with Gasteiger partial charge in [0.2, 0.25) is 0 Å². The number of methoxy groups -OCH3 is 1. The molecule has 0 radical (unpaired) electrons. The van der Waals surface area contributed by atoms with Gasteiger partial charge in [-0.2, -0.15) is 5.10 Å². The number of hydrogen-bond acceptors (Lipinski definition) is 3. The molecule has 3 nitrogen and oxygen atoms in total. The normalized spacial score (nSPS) is 18.4. The smallest absolute Gasteiger partial charge is 0.0863 e. The van der Waals surface area contributed by atoms with Gasteiger partial charge in [0.05, 0.1) is 12.3 Å². The molecule has 1 rings (SSSR count). The molecule has 1 aliphatic heterocycles. The fraction of sp³-hybridized carbons (Fsp3) is 0.833. The first-order chi connectivity index (χ1) is 4.33. The summed E-state index contributed by atoms with van der Waals surface area (Å²) in [4.78, 5) is 0. The molecule has 0 unspecified atom stereocenters. The number of ether oxygens (including phenoxy) is 1. The Kier molecular flexibility index (Phi) is 2.05. The van der Waals surface area contributed by atoms with Crippen LogP contribution < -0.4 is 0 Å². The van der Waals surface area contributed by atoms with Gasteiger partial charge in [-0.1, -0.05) is 0 Å². The summed E-state index contributed by atoms with van der Waals surface area (Å²) in [5.74, 6) is 0. The molecule has 0 amide bonds. The molecule has 1 heterocycles. The monoisotopic (exact) mass is 128 g/mol. The Morgan fingerprint density at radius 3 is 3.00 bits per heavy atom. The third-order valence-corrected chi connectivity index (χ3v) is 1.35. The van der Waals surface area contributed by atoms with E-state index in [2.05, 4.69) is 5.10 Å². The topological polar surface area (TPSA) is 24.8 Å². The molecule has 0 N–H and O–H groups in total. The minimum Gasteiger partial charge on any atom is -0.379 e. The van der Waals surface area contributed by atoms with Crippen LogP contribution in [0.1, 0.15) is 6.42 Å². The van der Waals surface area contributed by atoms with Gasteiger partial charge in [0.1, 0.15) is 0 Å². The van der Waals surface area contributed by atoms with E-state index < -0.39 is 0 Å². The number of hydrazone groups is 1. The lowest BCUT2D eigenvalue weighted by Gasteiger charge is -2.00. The number of rotatable bonds is 2. The molecule has 0 bridgehead atoms. The maximum absolute atomic E-state index is 4.92. The van der Waals surface area contributed by atoms with Crippen LogP contribution in [0.3, 0.4) is 0 Å². The van der Waals surface area contributed by atoms with Gasteiger partial charge in [-0.15, -0.1) is 0 Å². The van der Waals surface area contributed by atoms with Gasteiger partial charge in [0.15, 0.2) is 0 Å². The van der Waals surface area contributed by atoms with Crippen LogP contribution in [0.2, 0.25) is 0 Å². The van der Waals surface area contributed by atoms with Gasteiger partial charge in [-0.3, -0.25) is 5.01 Å². The Morgan fingerprint density at radius 2 is 2.56 bits per heavy atom. The van der Waals surface area contributed by atoms with Crippen LogP contribution in [0, 0.1) is 0 Å². The zero-order chi connectivity index (χ0) is 6.69. The Balaban J connectivity index is 2.33. The second-order valence-corrected chi connectivity index (χ2v) is 2.23. The highest BCUT2D eigenvalue weighted by atomic mass is 16.5. The fourth-order valence-electron chi connectivity index (χ4n) is 0.900. The standard InChI is InChI=1S/C6H12N2O/c1-8-4-3-6(7-8)5-9-2/h3-5H2,1-2H3. The SMILES string of the molecule is COCC1=NN(C)CC1. The molecule has 0 aromatic carbocycles. The molecule has 0 fully saturated rings. The zero-order valence-corrected chi connectivity index (χ0v) is 5.92. The maximum atomic E-state index is 4.92. The molecule has 3 heteroatoms. The highest BCUT2D eigenvalue weighted by Gasteiger charge is 2.08. The van der Waals surface area contributed by atoms with Crippen molar-refractivity contribution in [3.8, 4) is 0 Å². The summed E-state index contributed by atoms with van der Waals surface area (Å²) in [5.41, 5.74) is 1.15. The van der Waals surface area contributed by atoms with E-state index in [9.17, 15) is 0 Å². The predicted octanol–water partition coefficient (Wildman–Crippen LogP) is 0.324. The number of nitrogens with zero attached hydrogens (tertiary/aromatic N) is 2. The van der Waals surface area contributed by atoms with Crippen LogP contribution >= 0.6 is 0 Å². The van der Waals surface area contributed by atoms with Gasteiger partial charge in [0, 0.05) is 27.1 Å². The molecule has 0 atom stereocenters. The first-order valence-corrected chi connectivity index (χ1v) is 3.09. The lowest BCUT2D eigenvalue weighted by Crippen LogP contribution is -2.04. The van der Waals surface area contributed by atoms with Gasteiger partial charge in [0.25, 0.3) is 0 Å². The summed E-state index contributed by atoms with van der Waals surface area (Å²) in [6.07, 6.45) is 1.06. The average Bonchev–Trinajstić information content (AvgIpc) is 2.17. The zero-order valence-electron chi connectivity index (χ0n) is 5.92. The first-order valence-electron chi connectivity index (χ1n) is 3.09. The molecule has 0 saturated heterocycles. The lowest BCUT2D eigenvalue weighted by atomic mass is 10.3. The van der Waals surface area contributed by atoms with Crippen molar-refractivity contribution < 1.29 is 4.74 Å². The Morgan fingerprint density at radius 1 is 1.78 bits per heavy atom. The van der Waals surface area contributed by atoms with E-state index >= 15 is 0 Å². The molecule has 0 spiro atoms. The summed E-state index contributed by atoms with van der Waals surface area (Å²) in [5, 5.41) is 6.14. The molecule has 0 aliphatic carbocycles. The lowest BCUT2D eigenvalue weighted by molar-refractivity contribution is 0.244. The third-order valence-electron chi connectivity index (χ3n) is 1.35. The van der Waals surface area contributed by atoms with Crippen molar-refractivity contribution in [2.24, 2.45) is 5.10 Å². The first kappa shape index (κ1) is 6.55. The van der Waals surface area contributed by atoms with Gasteiger partial charge in [-0.25, -0.2) is 0 Å². The van der Waals surface area contributed by atoms with E-state index in [1.54, 1.807) is 7.11 Å². The van der Waals surface area contributed by atoms with E-state index in [1.165, 1.54) is 0 Å². The van der Waals surface area contributed by atoms with E-state index in [0.29, 0.717) is 6.61 Å². The van der Waals surface area contributed by atoms with E-state index in [1.807, 2.05) is 12.1 Å². The molecular weight excluding hydrogens is 116 g/mol. The summed E-state index contributed by atoms with van der Waals surface area (Å²) in [7, 11) is 3.67. The van der Waals surface area contributed by atoms with Crippen molar-refractivity contribution in [3.05, 3.63) is 0 Å². The largest absolute Gasteiger partial charge is 0.379 e. The Bertz CT molecular complexity index is 122. The highest BCUT2D eigenvalue weighted by molar-refractivity contribution is 5.86. The maximum Gasteiger partial charge on any atom is 0.0863 e. The molecule has 52 valence electrons. The second kappa shape index (κ2) is 2.82. The summed E-state index contributed by atoms with van der Waals surface area (Å²) in [6.45, 7) is 1.73. The van der Waals surface area contributed by atoms with E-state index in [4.69, 9.17) is 4.74 Å². The van der Waals surface area contributed by atoms with Crippen LogP contribution in [0.5, 0.6) is 0 Å². The van der Waals surface area contributed by atoms with Crippen LogP contribution in [0.4, 0.5) is 0 Å². The third kappa shape index (κ3) is 1.68. The molecular formula is C6H12N2O. The fourth-order valence-corrected chi connectivity index (χ4v) is 0.900. The average molecular weight is 128 g/mol. The molecule has 1 aliphatic rings. The van der Waals surface area contributed by atoms with Crippen molar-refractivity contribution in [2.75, 3.05) is 27.3 Å². The predicted molar refractivity (Wildman–Crippen MR) is 36.6 cm³/mol. The highest BCUT2D eigenvalue weighted by Crippen LogP contribution is 2.01. The summed E-state index contributed by atoms with van der Waals surface area (Å²) in [6, 6.07) is 0. The molecule has 0 aromatic heterocycles. The molecule has 0 saturated carbocycles. The quantitative estimate of drug-likeness (QED) is 0.535. The minimum absolute atomic E-state index is 0.685. The Hall–Kier alpha value is -0.570. The van der Waals surface area contributed by atoms with Gasteiger partial charge < -0.3 is 4.74 Å². The second-order valence-electron chi connectivity index (χ2n) is 2.23. The number of hydrogen-bond donors (Lipinski definition) is 0. The molecule has 9 heavy (non-hydrogen) atoms. The van der Waals surface area contributed by atoms with Gasteiger partial charge in [-0.05, 0) is 0 Å². The van der Waals surface area contributed by atoms with Crippen molar-refractivity contribution in [3.63, 3.8) is 0 Å². The van der Waals surface area contributed by atoms with Crippen molar-refractivity contribution in [2.45, 2.75) is 6.42 Å². The van der Waals surface area contributed by atoms with E-state index in [0.717, 1.165) is 18.7 Å². The van der Waals surface area contributed by atoms with Crippen LogP contribution in [-0.2, 0) is 4.74 Å². The van der Waals surface area contributed by atoms with Gasteiger partial charge >= 0.3 is 0 Å². The Labute approximate surface area is 55.3 Å².